The fourth-order valence-electron chi connectivity index (χ4n) is 3.14. The summed E-state index contributed by atoms with van der Waals surface area (Å²) in [7, 11) is 0. The lowest BCUT2D eigenvalue weighted by Crippen LogP contribution is -2.38. The quantitative estimate of drug-likeness (QED) is 0.693. The van der Waals surface area contributed by atoms with E-state index in [1.165, 1.54) is 19.3 Å². The first kappa shape index (κ1) is 8.78. The second kappa shape index (κ2) is 2.99. The molecule has 3 unspecified atom stereocenters. The zero-order valence-electron chi connectivity index (χ0n) is 8.54. The number of rotatable bonds is 1. The topological polar surface area (TPSA) is 29.5 Å². The highest BCUT2D eigenvalue weighted by atomic mass is 16.5. The minimum absolute atomic E-state index is 0.514. The van der Waals surface area contributed by atoms with Gasteiger partial charge in [-0.05, 0) is 56.4 Å². The number of hydrogen-bond donors (Lipinski definition) is 1. The molecule has 0 radical (unpaired) electrons. The van der Waals surface area contributed by atoms with Gasteiger partial charge >= 0.3 is 0 Å². The Labute approximate surface area is 85.0 Å². The molecule has 0 saturated heterocycles. The Morgan fingerprint density at radius 1 is 1.43 bits per heavy atom. The van der Waals surface area contributed by atoms with Crippen molar-refractivity contribution in [3.8, 4) is 0 Å². The normalized spacial score (nSPS) is 46.2. The number of fused-ring (bicyclic) bond motifs is 1. The molecule has 0 aromatic heterocycles. The highest BCUT2D eigenvalue weighted by molar-refractivity contribution is 5.20. The largest absolute Gasteiger partial charge is 0.495 e. The first-order valence-electron chi connectivity index (χ1n) is 5.86. The number of aliphatic hydroxyl groups is 1. The van der Waals surface area contributed by atoms with Crippen LogP contribution in [0.1, 0.15) is 38.5 Å². The highest BCUT2D eigenvalue weighted by Crippen LogP contribution is 2.57. The second-order valence-electron chi connectivity index (χ2n) is 4.98. The van der Waals surface area contributed by atoms with E-state index in [4.69, 9.17) is 4.74 Å². The van der Waals surface area contributed by atoms with Crippen molar-refractivity contribution in [3.63, 3.8) is 0 Å². The van der Waals surface area contributed by atoms with Crippen molar-refractivity contribution in [2.75, 3.05) is 6.61 Å². The van der Waals surface area contributed by atoms with Crippen LogP contribution in [0.3, 0.4) is 0 Å². The van der Waals surface area contributed by atoms with Crippen molar-refractivity contribution >= 4 is 0 Å². The van der Waals surface area contributed by atoms with Crippen molar-refractivity contribution in [2.45, 2.75) is 44.1 Å². The molecule has 78 valence electrons. The average Bonchev–Trinajstić information content (AvgIpc) is 3.00. The van der Waals surface area contributed by atoms with Crippen LogP contribution in [0.2, 0.25) is 0 Å². The molecule has 1 aliphatic heterocycles. The molecule has 1 N–H and O–H groups in total. The van der Waals surface area contributed by atoms with Crippen LogP contribution >= 0.6 is 0 Å². The summed E-state index contributed by atoms with van der Waals surface area (Å²) < 4.78 is 5.63. The van der Waals surface area contributed by atoms with Crippen LogP contribution in [0, 0.1) is 11.8 Å². The Hall–Kier alpha value is -0.500. The van der Waals surface area contributed by atoms with E-state index in [0.29, 0.717) is 5.92 Å². The van der Waals surface area contributed by atoms with E-state index in [0.717, 1.165) is 37.5 Å². The molecule has 1 heterocycles. The maximum Gasteiger partial charge on any atom is 0.124 e. The van der Waals surface area contributed by atoms with E-state index in [-0.39, 0.29) is 0 Å². The summed E-state index contributed by atoms with van der Waals surface area (Å²) in [6.07, 6.45) is 8.92. The fraction of sp³-hybridized carbons (Fsp3) is 0.833. The van der Waals surface area contributed by atoms with Gasteiger partial charge in [0.15, 0.2) is 0 Å². The molecule has 0 spiro atoms. The third-order valence-electron chi connectivity index (χ3n) is 4.03. The molecular formula is C12H18O2. The van der Waals surface area contributed by atoms with Crippen LogP contribution in [0.4, 0.5) is 0 Å². The van der Waals surface area contributed by atoms with Crippen LogP contribution in [0.25, 0.3) is 0 Å². The van der Waals surface area contributed by atoms with Gasteiger partial charge in [-0.25, -0.2) is 0 Å². The van der Waals surface area contributed by atoms with Crippen LogP contribution < -0.4 is 0 Å². The van der Waals surface area contributed by atoms with Gasteiger partial charge in [0.25, 0.3) is 0 Å². The molecule has 2 fully saturated rings. The predicted octanol–water partition coefficient (Wildman–Crippen LogP) is 2.23. The van der Waals surface area contributed by atoms with Crippen LogP contribution in [0.15, 0.2) is 11.8 Å². The van der Waals surface area contributed by atoms with Crippen LogP contribution in [-0.4, -0.2) is 17.3 Å². The van der Waals surface area contributed by atoms with E-state index in [1.54, 1.807) is 0 Å². The van der Waals surface area contributed by atoms with E-state index in [2.05, 4.69) is 6.08 Å². The Bertz CT molecular complexity index is 271. The van der Waals surface area contributed by atoms with Gasteiger partial charge in [0.1, 0.15) is 11.4 Å². The van der Waals surface area contributed by atoms with Gasteiger partial charge < -0.3 is 9.84 Å². The molecular weight excluding hydrogens is 176 g/mol. The van der Waals surface area contributed by atoms with E-state index >= 15 is 0 Å². The zero-order chi connectivity index (χ0) is 9.60. The van der Waals surface area contributed by atoms with Crippen molar-refractivity contribution in [3.05, 3.63) is 11.8 Å². The maximum atomic E-state index is 10.6. The maximum absolute atomic E-state index is 10.6. The fourth-order valence-corrected chi connectivity index (χ4v) is 3.14. The Balaban J connectivity index is 1.83. The molecule has 2 nitrogen and oxygen atoms in total. The van der Waals surface area contributed by atoms with Crippen molar-refractivity contribution in [1.29, 1.82) is 0 Å². The minimum Gasteiger partial charge on any atom is -0.495 e. The van der Waals surface area contributed by atoms with Gasteiger partial charge in [-0.2, -0.15) is 0 Å². The van der Waals surface area contributed by atoms with Gasteiger partial charge in [0, 0.05) is 0 Å². The molecule has 0 aromatic carbocycles. The summed E-state index contributed by atoms with van der Waals surface area (Å²) in [6, 6.07) is 0. The zero-order valence-corrected chi connectivity index (χ0v) is 8.54. The summed E-state index contributed by atoms with van der Waals surface area (Å²) in [4.78, 5) is 0. The first-order chi connectivity index (χ1) is 6.81. The molecule has 3 rings (SSSR count). The lowest BCUT2D eigenvalue weighted by molar-refractivity contribution is -0.0337. The molecule has 2 aliphatic carbocycles. The molecule has 2 heteroatoms. The predicted molar refractivity (Wildman–Crippen MR) is 53.7 cm³/mol. The SMILES string of the molecule is OC1(C2=CCCCO2)CCCC2CC21. The van der Waals surface area contributed by atoms with Gasteiger partial charge in [-0.15, -0.1) is 0 Å². The molecule has 0 aromatic rings. The molecule has 14 heavy (non-hydrogen) atoms. The van der Waals surface area contributed by atoms with Crippen molar-refractivity contribution in [1.82, 2.24) is 0 Å². The molecule has 2 saturated carbocycles. The molecule has 0 amide bonds. The average molecular weight is 194 g/mol. The summed E-state index contributed by atoms with van der Waals surface area (Å²) in [5.74, 6) is 2.21. The monoisotopic (exact) mass is 194 g/mol. The lowest BCUT2D eigenvalue weighted by Gasteiger charge is -2.35. The molecule has 3 aliphatic rings. The van der Waals surface area contributed by atoms with E-state index < -0.39 is 5.60 Å². The Morgan fingerprint density at radius 2 is 2.36 bits per heavy atom. The Kier molecular flexibility index (Phi) is 1.88. The third kappa shape index (κ3) is 1.20. The first-order valence-corrected chi connectivity index (χ1v) is 5.86. The van der Waals surface area contributed by atoms with Gasteiger partial charge in [0.05, 0.1) is 6.61 Å². The second-order valence-corrected chi connectivity index (χ2v) is 4.98. The number of ether oxygens (including phenoxy) is 1. The summed E-state index contributed by atoms with van der Waals surface area (Å²) in [5, 5.41) is 10.6. The standard InChI is InChI=1S/C12H18O2/c13-12(11-5-1-2-7-14-11)6-3-4-9-8-10(9)12/h5,9-10,13H,1-4,6-8H2. The van der Waals surface area contributed by atoms with Crippen molar-refractivity contribution < 1.29 is 9.84 Å². The lowest BCUT2D eigenvalue weighted by atomic mass is 9.82. The minimum atomic E-state index is -0.580. The van der Waals surface area contributed by atoms with Crippen LogP contribution in [-0.2, 0) is 4.74 Å². The Morgan fingerprint density at radius 3 is 3.14 bits per heavy atom. The smallest absolute Gasteiger partial charge is 0.124 e. The summed E-state index contributed by atoms with van der Waals surface area (Å²) >= 11 is 0. The van der Waals surface area contributed by atoms with Crippen LogP contribution in [0.5, 0.6) is 0 Å². The molecule has 0 bridgehead atoms. The van der Waals surface area contributed by atoms with E-state index in [9.17, 15) is 5.11 Å². The van der Waals surface area contributed by atoms with Gasteiger partial charge in [-0.3, -0.25) is 0 Å². The third-order valence-corrected chi connectivity index (χ3v) is 4.03. The number of hydrogen-bond acceptors (Lipinski definition) is 2. The van der Waals surface area contributed by atoms with Crippen molar-refractivity contribution in [2.24, 2.45) is 11.8 Å². The van der Waals surface area contributed by atoms with E-state index in [1.807, 2.05) is 0 Å². The molecule has 3 atom stereocenters. The van der Waals surface area contributed by atoms with Gasteiger partial charge in [0.2, 0.25) is 0 Å². The summed E-state index contributed by atoms with van der Waals surface area (Å²) in [6.45, 7) is 0.797. The summed E-state index contributed by atoms with van der Waals surface area (Å²) in [5.41, 5.74) is -0.580. The van der Waals surface area contributed by atoms with Gasteiger partial charge in [-0.1, -0.05) is 0 Å². The highest BCUT2D eigenvalue weighted by Gasteiger charge is 2.56. The number of allylic oxidation sites excluding steroid dienone is 1.